The molecule has 7 heteroatoms. The second-order valence-corrected chi connectivity index (χ2v) is 12.4. The minimum atomic E-state index is -4.06. The highest BCUT2D eigenvalue weighted by atomic mass is 32.2. The van der Waals surface area contributed by atoms with E-state index in [1.165, 1.54) is 6.07 Å². The molecule has 0 aliphatic carbocycles. The van der Waals surface area contributed by atoms with E-state index in [9.17, 15) is 18.3 Å². The van der Waals surface area contributed by atoms with Gasteiger partial charge in [0, 0.05) is 6.54 Å². The number of benzene rings is 4. The van der Waals surface area contributed by atoms with Gasteiger partial charge in [0.25, 0.3) is 0 Å². The number of hydrogen-bond donors (Lipinski definition) is 1. The van der Waals surface area contributed by atoms with Crippen molar-refractivity contribution in [3.8, 4) is 16.9 Å². The number of hydrogen-bond acceptors (Lipinski definition) is 4. The zero-order valence-corrected chi connectivity index (χ0v) is 22.6. The summed E-state index contributed by atoms with van der Waals surface area (Å²) in [5.41, 5.74) is 4.33. The van der Waals surface area contributed by atoms with Crippen LogP contribution in [0.15, 0.2) is 83.8 Å². The molecule has 1 aliphatic heterocycles. The molecule has 1 aliphatic rings. The standard InChI is InChI=1S/C31H31NO5S/c1-21-16-22(8-12-28(21)25-10-9-23-6-4-5-7-24(23)17-25)19-32(20-30(33)34)38(35,36)27-11-13-29-26(18-27)14-15-31(2,3)37-29/h4-13,16-18H,14-15,19-20H2,1-3H3,(H,33,34). The summed E-state index contributed by atoms with van der Waals surface area (Å²) in [6.07, 6.45) is 1.46. The summed E-state index contributed by atoms with van der Waals surface area (Å²) in [6, 6.07) is 25.0. The normalized spacial score (nSPS) is 14.7. The predicted octanol–water partition coefficient (Wildman–Crippen LogP) is 6.19. The smallest absolute Gasteiger partial charge is 0.318 e. The fraction of sp³-hybridized carbons (Fsp3) is 0.258. The Bertz CT molecular complexity index is 1640. The lowest BCUT2D eigenvalue weighted by Crippen LogP contribution is -2.36. The van der Waals surface area contributed by atoms with Gasteiger partial charge in [0.05, 0.1) is 4.90 Å². The first-order chi connectivity index (χ1) is 18.0. The number of aryl methyl sites for hydroxylation is 2. The molecule has 0 aromatic heterocycles. The number of rotatable bonds is 7. The van der Waals surface area contributed by atoms with Crippen LogP contribution >= 0.6 is 0 Å². The van der Waals surface area contributed by atoms with Crippen molar-refractivity contribution in [2.75, 3.05) is 6.54 Å². The van der Waals surface area contributed by atoms with Crippen LogP contribution in [0.1, 0.15) is 37.0 Å². The van der Waals surface area contributed by atoms with Gasteiger partial charge in [0.2, 0.25) is 10.0 Å². The average Bonchev–Trinajstić information content (AvgIpc) is 2.87. The summed E-state index contributed by atoms with van der Waals surface area (Å²) in [6.45, 7) is 5.31. The van der Waals surface area contributed by atoms with Gasteiger partial charge in [-0.05, 0) is 96.5 Å². The second-order valence-electron chi connectivity index (χ2n) is 10.5. The Labute approximate surface area is 223 Å². The van der Waals surface area contributed by atoms with Crippen LogP contribution in [-0.2, 0) is 27.8 Å². The highest BCUT2D eigenvalue weighted by Gasteiger charge is 2.31. The molecule has 5 rings (SSSR count). The Balaban J connectivity index is 1.43. The van der Waals surface area contributed by atoms with Gasteiger partial charge in [-0.2, -0.15) is 4.31 Å². The van der Waals surface area contributed by atoms with Crippen LogP contribution in [0.3, 0.4) is 0 Å². The van der Waals surface area contributed by atoms with Crippen LogP contribution in [0, 0.1) is 6.92 Å². The molecular formula is C31H31NO5S. The number of aliphatic carboxylic acids is 1. The molecule has 1 heterocycles. The summed E-state index contributed by atoms with van der Waals surface area (Å²) in [4.78, 5) is 11.7. The summed E-state index contributed by atoms with van der Waals surface area (Å²) in [5.74, 6) is -0.536. The van der Waals surface area contributed by atoms with E-state index in [1.54, 1.807) is 12.1 Å². The van der Waals surface area contributed by atoms with E-state index >= 15 is 0 Å². The fourth-order valence-corrected chi connectivity index (χ4v) is 6.46. The van der Waals surface area contributed by atoms with Crippen molar-refractivity contribution in [1.29, 1.82) is 0 Å². The van der Waals surface area contributed by atoms with Crippen LogP contribution in [0.4, 0.5) is 0 Å². The molecule has 6 nitrogen and oxygen atoms in total. The number of carboxylic acid groups (broad SMARTS) is 1. The number of carbonyl (C=O) groups is 1. The van der Waals surface area contributed by atoms with Crippen molar-refractivity contribution in [2.45, 2.75) is 50.7 Å². The number of carboxylic acids is 1. The Morgan fingerprint density at radius 3 is 2.47 bits per heavy atom. The van der Waals surface area contributed by atoms with Crippen molar-refractivity contribution in [2.24, 2.45) is 0 Å². The molecule has 38 heavy (non-hydrogen) atoms. The van der Waals surface area contributed by atoms with Crippen LogP contribution in [0.5, 0.6) is 5.75 Å². The van der Waals surface area contributed by atoms with Gasteiger partial charge in [-0.3, -0.25) is 4.79 Å². The maximum Gasteiger partial charge on any atom is 0.318 e. The molecular weight excluding hydrogens is 498 g/mol. The first kappa shape index (κ1) is 25.9. The molecule has 0 amide bonds. The van der Waals surface area contributed by atoms with Gasteiger partial charge >= 0.3 is 5.97 Å². The summed E-state index contributed by atoms with van der Waals surface area (Å²) in [7, 11) is -4.06. The van der Waals surface area contributed by atoms with Crippen LogP contribution < -0.4 is 4.74 Å². The Morgan fingerprint density at radius 1 is 0.974 bits per heavy atom. The molecule has 0 radical (unpaired) electrons. The van der Waals surface area contributed by atoms with Crippen molar-refractivity contribution < 1.29 is 23.1 Å². The molecule has 1 N–H and O–H groups in total. The highest BCUT2D eigenvalue weighted by molar-refractivity contribution is 7.89. The van der Waals surface area contributed by atoms with E-state index in [2.05, 4.69) is 30.3 Å². The molecule has 0 atom stereocenters. The molecule has 4 aromatic rings. The molecule has 196 valence electrons. The summed E-state index contributed by atoms with van der Waals surface area (Å²) in [5, 5.41) is 11.8. The topological polar surface area (TPSA) is 83.9 Å². The third kappa shape index (κ3) is 5.30. The van der Waals surface area contributed by atoms with E-state index < -0.39 is 22.5 Å². The van der Waals surface area contributed by atoms with Gasteiger partial charge in [0.1, 0.15) is 17.9 Å². The summed E-state index contributed by atoms with van der Waals surface area (Å²) >= 11 is 0. The minimum Gasteiger partial charge on any atom is -0.488 e. The first-order valence-corrected chi connectivity index (χ1v) is 14.1. The number of ether oxygens (including phenoxy) is 1. The van der Waals surface area contributed by atoms with Crippen molar-refractivity contribution in [1.82, 2.24) is 4.31 Å². The van der Waals surface area contributed by atoms with E-state index in [0.29, 0.717) is 12.2 Å². The Kier molecular flexibility index (Phi) is 6.75. The van der Waals surface area contributed by atoms with Crippen molar-refractivity contribution >= 4 is 26.8 Å². The monoisotopic (exact) mass is 529 g/mol. The van der Waals surface area contributed by atoms with Crippen LogP contribution in [0.2, 0.25) is 0 Å². The maximum atomic E-state index is 13.6. The minimum absolute atomic E-state index is 0.0475. The van der Waals surface area contributed by atoms with Crippen LogP contribution in [-0.4, -0.2) is 35.9 Å². The Hall–Kier alpha value is -3.68. The first-order valence-electron chi connectivity index (χ1n) is 12.6. The SMILES string of the molecule is Cc1cc(CN(CC(=O)O)S(=O)(=O)c2ccc3c(c2)CCC(C)(C)O3)ccc1-c1ccc2ccccc2c1. The van der Waals surface area contributed by atoms with Crippen molar-refractivity contribution in [3.63, 3.8) is 0 Å². The largest absolute Gasteiger partial charge is 0.488 e. The van der Waals surface area contributed by atoms with E-state index in [-0.39, 0.29) is 17.0 Å². The number of sulfonamides is 1. The molecule has 0 saturated carbocycles. The van der Waals surface area contributed by atoms with Gasteiger partial charge in [-0.1, -0.05) is 54.6 Å². The second kappa shape index (κ2) is 9.89. The molecule has 0 spiro atoms. The third-order valence-corrected chi connectivity index (χ3v) is 8.86. The van der Waals surface area contributed by atoms with E-state index in [4.69, 9.17) is 4.74 Å². The molecule has 0 bridgehead atoms. The predicted molar refractivity (Wildman–Crippen MR) is 149 cm³/mol. The molecule has 0 unspecified atom stereocenters. The third-order valence-electron chi connectivity index (χ3n) is 7.07. The van der Waals surface area contributed by atoms with Crippen molar-refractivity contribution in [3.05, 3.63) is 95.6 Å². The number of nitrogens with zero attached hydrogens (tertiary/aromatic N) is 1. The lowest BCUT2D eigenvalue weighted by molar-refractivity contribution is -0.137. The lowest BCUT2D eigenvalue weighted by atomic mass is 9.94. The average molecular weight is 530 g/mol. The maximum absolute atomic E-state index is 13.6. The van der Waals surface area contributed by atoms with Gasteiger partial charge in [-0.15, -0.1) is 0 Å². The highest BCUT2D eigenvalue weighted by Crippen LogP contribution is 2.35. The quantitative estimate of drug-likeness (QED) is 0.308. The Morgan fingerprint density at radius 2 is 1.74 bits per heavy atom. The number of fused-ring (bicyclic) bond motifs is 2. The van der Waals surface area contributed by atoms with E-state index in [1.807, 2.05) is 51.1 Å². The fourth-order valence-electron chi connectivity index (χ4n) is 5.03. The van der Waals surface area contributed by atoms with E-state index in [0.717, 1.165) is 49.3 Å². The van der Waals surface area contributed by atoms with Gasteiger partial charge in [-0.25, -0.2) is 8.42 Å². The molecule has 0 fully saturated rings. The van der Waals surface area contributed by atoms with Gasteiger partial charge < -0.3 is 9.84 Å². The van der Waals surface area contributed by atoms with Gasteiger partial charge in [0.15, 0.2) is 0 Å². The zero-order chi connectivity index (χ0) is 27.1. The molecule has 0 saturated heterocycles. The molecule has 4 aromatic carbocycles. The van der Waals surface area contributed by atoms with Crippen LogP contribution in [0.25, 0.3) is 21.9 Å². The lowest BCUT2D eigenvalue weighted by Gasteiger charge is -2.33. The zero-order valence-electron chi connectivity index (χ0n) is 21.8. The summed E-state index contributed by atoms with van der Waals surface area (Å²) < 4.78 is 34.2.